The molecule has 0 radical (unpaired) electrons. The molecule has 0 bridgehead atoms. The molecule has 1 aromatic rings. The average Bonchev–Trinajstić information content (AvgIpc) is 2.95. The predicted molar refractivity (Wildman–Crippen MR) is 61.2 cm³/mol. The van der Waals surface area contributed by atoms with Gasteiger partial charge in [0, 0.05) is 11.6 Å². The van der Waals surface area contributed by atoms with Crippen molar-refractivity contribution in [3.8, 4) is 5.75 Å². The number of benzene rings is 1. The Morgan fingerprint density at radius 1 is 1.50 bits per heavy atom. The van der Waals surface area contributed by atoms with E-state index in [-0.39, 0.29) is 11.1 Å². The number of carboxylic acids is 1. The van der Waals surface area contributed by atoms with Crippen LogP contribution in [0.3, 0.4) is 0 Å². The molecule has 2 rings (SSSR count). The van der Waals surface area contributed by atoms with E-state index in [1.165, 1.54) is 0 Å². The molecule has 0 spiro atoms. The number of hydrogen-bond acceptors (Lipinski definition) is 3. The Labute approximate surface area is 94.2 Å². The van der Waals surface area contributed by atoms with Gasteiger partial charge in [-0.05, 0) is 31.9 Å². The second-order valence-corrected chi connectivity index (χ2v) is 4.40. The topological polar surface area (TPSA) is 58.6 Å². The Balaban J connectivity index is 2.33. The van der Waals surface area contributed by atoms with Crippen LogP contribution in [-0.4, -0.2) is 23.7 Å². The van der Waals surface area contributed by atoms with Gasteiger partial charge < -0.3 is 15.2 Å². The van der Waals surface area contributed by atoms with Crippen molar-refractivity contribution in [3.63, 3.8) is 0 Å². The van der Waals surface area contributed by atoms with Crippen LogP contribution >= 0.6 is 0 Å². The first-order chi connectivity index (χ1) is 7.54. The van der Waals surface area contributed by atoms with Crippen molar-refractivity contribution in [2.24, 2.45) is 0 Å². The van der Waals surface area contributed by atoms with Crippen LogP contribution in [-0.2, 0) is 0 Å². The minimum Gasteiger partial charge on any atom is -0.497 e. The fraction of sp³-hybridized carbons (Fsp3) is 0.417. The molecule has 16 heavy (non-hydrogen) atoms. The van der Waals surface area contributed by atoms with E-state index in [2.05, 4.69) is 12.2 Å². The lowest BCUT2D eigenvalue weighted by molar-refractivity contribution is 0.0698. The number of rotatable bonds is 4. The zero-order valence-electron chi connectivity index (χ0n) is 9.41. The van der Waals surface area contributed by atoms with E-state index in [0.717, 1.165) is 12.8 Å². The molecular formula is C12H15NO3. The summed E-state index contributed by atoms with van der Waals surface area (Å²) in [6.07, 6.45) is 2.15. The maximum atomic E-state index is 11.0. The Kier molecular flexibility index (Phi) is 2.50. The largest absolute Gasteiger partial charge is 0.497 e. The van der Waals surface area contributed by atoms with Crippen LogP contribution in [0.25, 0.3) is 0 Å². The standard InChI is InChI=1S/C12H15NO3/c1-12(5-6-12)13-10-7-8(16-2)3-4-9(10)11(14)15/h3-4,7,13H,5-6H2,1-2H3,(H,14,15). The fourth-order valence-electron chi connectivity index (χ4n) is 1.58. The van der Waals surface area contributed by atoms with Gasteiger partial charge in [-0.2, -0.15) is 0 Å². The molecule has 1 aromatic carbocycles. The molecule has 4 nitrogen and oxygen atoms in total. The fourth-order valence-corrected chi connectivity index (χ4v) is 1.58. The van der Waals surface area contributed by atoms with Crippen LogP contribution < -0.4 is 10.1 Å². The molecule has 1 aliphatic rings. The van der Waals surface area contributed by atoms with Crippen LogP contribution in [0.5, 0.6) is 5.75 Å². The van der Waals surface area contributed by atoms with E-state index < -0.39 is 5.97 Å². The second kappa shape index (κ2) is 3.70. The molecule has 0 heterocycles. The highest BCUT2D eigenvalue weighted by Crippen LogP contribution is 2.39. The lowest BCUT2D eigenvalue weighted by Gasteiger charge is -2.16. The number of aromatic carboxylic acids is 1. The van der Waals surface area contributed by atoms with Crippen molar-refractivity contribution < 1.29 is 14.6 Å². The van der Waals surface area contributed by atoms with Gasteiger partial charge in [-0.3, -0.25) is 0 Å². The zero-order chi connectivity index (χ0) is 11.8. The van der Waals surface area contributed by atoms with Gasteiger partial charge in [0.15, 0.2) is 0 Å². The second-order valence-electron chi connectivity index (χ2n) is 4.40. The van der Waals surface area contributed by atoms with Gasteiger partial charge in [0.1, 0.15) is 5.75 Å². The monoisotopic (exact) mass is 221 g/mol. The van der Waals surface area contributed by atoms with Crippen molar-refractivity contribution in [1.82, 2.24) is 0 Å². The molecule has 0 aromatic heterocycles. The maximum absolute atomic E-state index is 11.0. The third kappa shape index (κ3) is 2.10. The number of hydrogen-bond donors (Lipinski definition) is 2. The van der Waals surface area contributed by atoms with Gasteiger partial charge in [-0.15, -0.1) is 0 Å². The summed E-state index contributed by atoms with van der Waals surface area (Å²) < 4.78 is 5.09. The molecule has 0 aliphatic heterocycles. The Hall–Kier alpha value is -1.71. The molecule has 1 saturated carbocycles. The van der Waals surface area contributed by atoms with Crippen molar-refractivity contribution in [2.45, 2.75) is 25.3 Å². The lowest BCUT2D eigenvalue weighted by atomic mass is 10.1. The summed E-state index contributed by atoms with van der Waals surface area (Å²) in [5, 5.41) is 12.3. The van der Waals surface area contributed by atoms with E-state index in [1.54, 1.807) is 25.3 Å². The molecule has 0 atom stereocenters. The lowest BCUT2D eigenvalue weighted by Crippen LogP contribution is -2.18. The molecule has 0 unspecified atom stereocenters. The van der Waals surface area contributed by atoms with Crippen molar-refractivity contribution in [1.29, 1.82) is 0 Å². The van der Waals surface area contributed by atoms with E-state index in [9.17, 15) is 4.79 Å². The highest BCUT2D eigenvalue weighted by atomic mass is 16.5. The van der Waals surface area contributed by atoms with Crippen LogP contribution in [0.4, 0.5) is 5.69 Å². The van der Waals surface area contributed by atoms with E-state index in [4.69, 9.17) is 9.84 Å². The molecule has 1 fully saturated rings. The average molecular weight is 221 g/mol. The molecule has 1 aliphatic carbocycles. The summed E-state index contributed by atoms with van der Waals surface area (Å²) >= 11 is 0. The summed E-state index contributed by atoms with van der Waals surface area (Å²) in [6, 6.07) is 4.95. The Morgan fingerprint density at radius 3 is 2.69 bits per heavy atom. The SMILES string of the molecule is COc1ccc(C(=O)O)c(NC2(C)CC2)c1. The quantitative estimate of drug-likeness (QED) is 0.819. The smallest absolute Gasteiger partial charge is 0.337 e. The number of methoxy groups -OCH3 is 1. The normalized spacial score (nSPS) is 16.6. The molecule has 86 valence electrons. The maximum Gasteiger partial charge on any atom is 0.337 e. The van der Waals surface area contributed by atoms with Crippen molar-refractivity contribution in [2.75, 3.05) is 12.4 Å². The predicted octanol–water partition coefficient (Wildman–Crippen LogP) is 2.36. The number of anilines is 1. The first-order valence-electron chi connectivity index (χ1n) is 5.24. The third-order valence-corrected chi connectivity index (χ3v) is 2.89. The van der Waals surface area contributed by atoms with E-state index >= 15 is 0 Å². The molecule has 0 amide bonds. The van der Waals surface area contributed by atoms with Gasteiger partial charge in [-0.1, -0.05) is 0 Å². The van der Waals surface area contributed by atoms with Crippen LogP contribution in [0.2, 0.25) is 0 Å². The third-order valence-electron chi connectivity index (χ3n) is 2.89. The highest BCUT2D eigenvalue weighted by Gasteiger charge is 2.37. The van der Waals surface area contributed by atoms with Crippen molar-refractivity contribution >= 4 is 11.7 Å². The van der Waals surface area contributed by atoms with Crippen LogP contribution in [0.15, 0.2) is 18.2 Å². The van der Waals surface area contributed by atoms with E-state index in [0.29, 0.717) is 11.4 Å². The summed E-state index contributed by atoms with van der Waals surface area (Å²) in [6.45, 7) is 2.08. The minimum absolute atomic E-state index is 0.0521. The van der Waals surface area contributed by atoms with Crippen LogP contribution in [0.1, 0.15) is 30.1 Å². The van der Waals surface area contributed by atoms with Gasteiger partial charge in [0.2, 0.25) is 0 Å². The number of carboxylic acid groups (broad SMARTS) is 1. The summed E-state index contributed by atoms with van der Waals surface area (Å²) in [5.41, 5.74) is 0.970. The minimum atomic E-state index is -0.922. The summed E-state index contributed by atoms with van der Waals surface area (Å²) in [7, 11) is 1.57. The highest BCUT2D eigenvalue weighted by molar-refractivity contribution is 5.94. The van der Waals surface area contributed by atoms with Gasteiger partial charge in [0.25, 0.3) is 0 Å². The van der Waals surface area contributed by atoms with Crippen molar-refractivity contribution in [3.05, 3.63) is 23.8 Å². The first kappa shape index (κ1) is 10.8. The van der Waals surface area contributed by atoms with Gasteiger partial charge in [-0.25, -0.2) is 4.79 Å². The molecule has 0 saturated heterocycles. The Morgan fingerprint density at radius 2 is 2.19 bits per heavy atom. The first-order valence-corrected chi connectivity index (χ1v) is 5.24. The van der Waals surface area contributed by atoms with E-state index in [1.807, 2.05) is 0 Å². The van der Waals surface area contributed by atoms with Gasteiger partial charge in [0.05, 0.1) is 18.4 Å². The van der Waals surface area contributed by atoms with Gasteiger partial charge >= 0.3 is 5.97 Å². The zero-order valence-corrected chi connectivity index (χ0v) is 9.41. The van der Waals surface area contributed by atoms with Crippen LogP contribution in [0, 0.1) is 0 Å². The number of carbonyl (C=O) groups is 1. The summed E-state index contributed by atoms with van der Waals surface area (Å²) in [5.74, 6) is -0.258. The molecular weight excluding hydrogens is 206 g/mol. The number of nitrogens with one attached hydrogen (secondary N) is 1. The summed E-state index contributed by atoms with van der Waals surface area (Å²) in [4.78, 5) is 11.0. The Bertz CT molecular complexity index is 424. The molecule has 4 heteroatoms. The molecule has 2 N–H and O–H groups in total. The number of ether oxygens (including phenoxy) is 1.